The predicted octanol–water partition coefficient (Wildman–Crippen LogP) is 4.12. The van der Waals surface area contributed by atoms with Crippen molar-refractivity contribution in [2.24, 2.45) is 0 Å². The van der Waals surface area contributed by atoms with E-state index in [9.17, 15) is 9.59 Å². The molecule has 5 nitrogen and oxygen atoms in total. The minimum Gasteiger partial charge on any atom is -0.453 e. The largest absolute Gasteiger partial charge is 0.453 e. The summed E-state index contributed by atoms with van der Waals surface area (Å²) in [5.41, 5.74) is 3.49. The van der Waals surface area contributed by atoms with Crippen molar-refractivity contribution < 1.29 is 14.3 Å². The molecule has 0 aromatic heterocycles. The summed E-state index contributed by atoms with van der Waals surface area (Å²) >= 11 is 3.38. The lowest BCUT2D eigenvalue weighted by atomic mass is 10.0. The van der Waals surface area contributed by atoms with Gasteiger partial charge in [0.1, 0.15) is 0 Å². The van der Waals surface area contributed by atoms with Gasteiger partial charge in [-0.2, -0.15) is 0 Å². The summed E-state index contributed by atoms with van der Waals surface area (Å²) in [5.74, 6) is -0.168. The van der Waals surface area contributed by atoms with Crippen LogP contribution in [0.3, 0.4) is 0 Å². The third-order valence-electron chi connectivity index (χ3n) is 3.42. The van der Waals surface area contributed by atoms with Gasteiger partial charge in [-0.25, -0.2) is 4.79 Å². The normalized spacial score (nSPS) is 14.3. The lowest BCUT2D eigenvalue weighted by Crippen LogP contribution is -2.10. The Morgan fingerprint density at radius 3 is 2.65 bits per heavy atom. The van der Waals surface area contributed by atoms with E-state index in [0.29, 0.717) is 16.9 Å². The number of amides is 2. The summed E-state index contributed by atoms with van der Waals surface area (Å²) in [7, 11) is 1.30. The molecule has 6 heteroatoms. The van der Waals surface area contributed by atoms with Gasteiger partial charge in [0.05, 0.1) is 7.11 Å². The van der Waals surface area contributed by atoms with Crippen LogP contribution >= 0.6 is 15.9 Å². The molecule has 0 aliphatic carbocycles. The molecule has 1 aliphatic heterocycles. The molecule has 0 atom stereocenters. The molecule has 2 aromatic rings. The second-order valence-electron chi connectivity index (χ2n) is 4.94. The van der Waals surface area contributed by atoms with E-state index >= 15 is 0 Å². The molecular formula is C17H13BrN2O3. The number of nitrogens with one attached hydrogen (secondary N) is 2. The summed E-state index contributed by atoms with van der Waals surface area (Å²) in [6.45, 7) is 0. The van der Waals surface area contributed by atoms with E-state index in [4.69, 9.17) is 0 Å². The summed E-state index contributed by atoms with van der Waals surface area (Å²) in [6.07, 6.45) is 1.26. The molecule has 0 saturated heterocycles. The van der Waals surface area contributed by atoms with E-state index in [1.165, 1.54) is 7.11 Å². The fraction of sp³-hybridized carbons (Fsp3) is 0.0588. The highest BCUT2D eigenvalue weighted by Crippen LogP contribution is 2.35. The molecule has 3 rings (SSSR count). The Labute approximate surface area is 141 Å². The van der Waals surface area contributed by atoms with Crippen LogP contribution in [0.5, 0.6) is 0 Å². The fourth-order valence-corrected chi connectivity index (χ4v) is 2.57. The van der Waals surface area contributed by atoms with Gasteiger partial charge >= 0.3 is 6.09 Å². The third kappa shape index (κ3) is 3.27. The first-order valence-corrected chi connectivity index (χ1v) is 7.64. The second kappa shape index (κ2) is 6.26. The van der Waals surface area contributed by atoms with Crippen molar-refractivity contribution >= 4 is 51.0 Å². The number of ether oxygens (including phenoxy) is 1. The van der Waals surface area contributed by atoms with Crippen LogP contribution in [0, 0.1) is 0 Å². The summed E-state index contributed by atoms with van der Waals surface area (Å²) in [4.78, 5) is 23.5. The number of rotatable bonds is 2. The van der Waals surface area contributed by atoms with Crippen LogP contribution in [-0.4, -0.2) is 19.1 Å². The topological polar surface area (TPSA) is 67.4 Å². The maximum absolute atomic E-state index is 12.2. The fourth-order valence-electron chi connectivity index (χ4n) is 2.30. The first-order valence-electron chi connectivity index (χ1n) is 6.85. The van der Waals surface area contributed by atoms with Gasteiger partial charge in [0.2, 0.25) is 0 Å². The molecule has 2 amide bonds. The zero-order valence-corrected chi connectivity index (χ0v) is 13.8. The van der Waals surface area contributed by atoms with E-state index in [1.807, 2.05) is 30.3 Å². The number of benzene rings is 2. The van der Waals surface area contributed by atoms with Gasteiger partial charge < -0.3 is 10.1 Å². The molecule has 0 spiro atoms. The van der Waals surface area contributed by atoms with Crippen molar-refractivity contribution in [3.05, 3.63) is 58.1 Å². The Kier molecular flexibility index (Phi) is 4.16. The molecular weight excluding hydrogens is 360 g/mol. The van der Waals surface area contributed by atoms with Crippen molar-refractivity contribution in [1.29, 1.82) is 0 Å². The molecule has 0 bridgehead atoms. The summed E-state index contributed by atoms with van der Waals surface area (Å²) in [6, 6.07) is 12.9. The van der Waals surface area contributed by atoms with Gasteiger partial charge in [0.15, 0.2) is 0 Å². The standard InChI is InChI=1S/C17H13BrN2O3/c1-23-17(22)19-12-6-7-15-13(9-12)14(16(21)20-15)8-10-2-4-11(18)5-3-10/h2-9H,1H3,(H,19,22)(H,20,21). The molecule has 2 N–H and O–H groups in total. The number of halogens is 1. The van der Waals surface area contributed by atoms with E-state index in [2.05, 4.69) is 31.3 Å². The Bertz CT molecular complexity index is 813. The monoisotopic (exact) mass is 372 g/mol. The highest BCUT2D eigenvalue weighted by Gasteiger charge is 2.24. The average Bonchev–Trinajstić information content (AvgIpc) is 2.85. The summed E-state index contributed by atoms with van der Waals surface area (Å²) < 4.78 is 5.55. The SMILES string of the molecule is COC(=O)Nc1ccc2c(c1)C(=Cc1ccc(Br)cc1)C(=O)N2. The zero-order valence-electron chi connectivity index (χ0n) is 12.2. The molecule has 2 aromatic carbocycles. The molecule has 0 fully saturated rings. The maximum atomic E-state index is 12.2. The molecule has 0 unspecified atom stereocenters. The van der Waals surface area contributed by atoms with E-state index in [0.717, 1.165) is 15.6 Å². The van der Waals surface area contributed by atoms with Gasteiger partial charge in [-0.05, 0) is 42.0 Å². The van der Waals surface area contributed by atoms with Crippen LogP contribution < -0.4 is 10.6 Å². The first kappa shape index (κ1) is 15.3. The van der Waals surface area contributed by atoms with E-state index in [-0.39, 0.29) is 5.91 Å². The first-order chi connectivity index (χ1) is 11.1. The van der Waals surface area contributed by atoms with Gasteiger partial charge in [-0.3, -0.25) is 10.1 Å². The molecule has 1 aliphatic rings. The minimum atomic E-state index is -0.555. The van der Waals surface area contributed by atoms with Crippen LogP contribution in [0.1, 0.15) is 11.1 Å². The second-order valence-corrected chi connectivity index (χ2v) is 5.86. The van der Waals surface area contributed by atoms with Crippen molar-refractivity contribution in [3.63, 3.8) is 0 Å². The van der Waals surface area contributed by atoms with Gasteiger partial charge in [0, 0.05) is 27.0 Å². The van der Waals surface area contributed by atoms with Crippen molar-refractivity contribution in [1.82, 2.24) is 0 Å². The average molecular weight is 373 g/mol. The van der Waals surface area contributed by atoms with Gasteiger partial charge in [-0.1, -0.05) is 28.1 Å². The molecule has 116 valence electrons. The Hall–Kier alpha value is -2.60. The predicted molar refractivity (Wildman–Crippen MR) is 93.1 cm³/mol. The third-order valence-corrected chi connectivity index (χ3v) is 3.94. The lowest BCUT2D eigenvalue weighted by Gasteiger charge is -2.06. The van der Waals surface area contributed by atoms with E-state index in [1.54, 1.807) is 18.2 Å². The van der Waals surface area contributed by atoms with Crippen molar-refractivity contribution in [2.45, 2.75) is 0 Å². The Balaban J connectivity index is 1.98. The smallest absolute Gasteiger partial charge is 0.411 e. The number of hydrogen-bond donors (Lipinski definition) is 2. The number of carbonyl (C=O) groups is 2. The van der Waals surface area contributed by atoms with Crippen LogP contribution in [0.2, 0.25) is 0 Å². The van der Waals surface area contributed by atoms with Crippen LogP contribution in [0.4, 0.5) is 16.2 Å². The highest BCUT2D eigenvalue weighted by atomic mass is 79.9. The minimum absolute atomic E-state index is 0.168. The molecule has 0 saturated carbocycles. The van der Waals surface area contributed by atoms with Gasteiger partial charge in [0.25, 0.3) is 5.91 Å². The van der Waals surface area contributed by atoms with E-state index < -0.39 is 6.09 Å². The Morgan fingerprint density at radius 1 is 1.22 bits per heavy atom. The summed E-state index contributed by atoms with van der Waals surface area (Å²) in [5, 5.41) is 5.41. The number of hydrogen-bond acceptors (Lipinski definition) is 3. The van der Waals surface area contributed by atoms with Crippen molar-refractivity contribution in [2.75, 3.05) is 17.7 Å². The lowest BCUT2D eigenvalue weighted by molar-refractivity contribution is -0.110. The molecule has 1 heterocycles. The number of methoxy groups -OCH3 is 1. The highest BCUT2D eigenvalue weighted by molar-refractivity contribution is 9.10. The van der Waals surface area contributed by atoms with Crippen molar-refractivity contribution in [3.8, 4) is 0 Å². The number of carbonyl (C=O) groups excluding carboxylic acids is 2. The van der Waals surface area contributed by atoms with Crippen LogP contribution in [-0.2, 0) is 9.53 Å². The molecule has 23 heavy (non-hydrogen) atoms. The van der Waals surface area contributed by atoms with Crippen LogP contribution in [0.15, 0.2) is 46.9 Å². The number of fused-ring (bicyclic) bond motifs is 1. The quantitative estimate of drug-likeness (QED) is 0.779. The maximum Gasteiger partial charge on any atom is 0.411 e. The zero-order chi connectivity index (χ0) is 16.4. The number of anilines is 2. The Morgan fingerprint density at radius 2 is 1.96 bits per heavy atom. The van der Waals surface area contributed by atoms with Gasteiger partial charge in [-0.15, -0.1) is 0 Å². The molecule has 0 radical (unpaired) electrons. The van der Waals surface area contributed by atoms with Crippen LogP contribution in [0.25, 0.3) is 11.6 Å².